The lowest BCUT2D eigenvalue weighted by atomic mass is 9.33. The number of anilines is 6. The fraction of sp³-hybridized carbons (Fsp3) is 0. The number of hydrogen-bond acceptors (Lipinski definition) is 2. The van der Waals surface area contributed by atoms with E-state index in [9.17, 15) is 0 Å². The third kappa shape index (κ3) is 6.31. The maximum atomic E-state index is 2.55. The highest BCUT2D eigenvalue weighted by molar-refractivity contribution is 7.00. The Bertz CT molecular complexity index is 4540. The summed E-state index contributed by atoms with van der Waals surface area (Å²) in [4.78, 5) is 5.07. The van der Waals surface area contributed by atoms with Crippen molar-refractivity contribution < 1.29 is 0 Å². The number of nitrogens with zero attached hydrogens (tertiary/aromatic N) is 3. The van der Waals surface area contributed by atoms with Gasteiger partial charge in [0.25, 0.3) is 6.71 Å². The molecular weight excluding hydrogens is 918 g/mol. The molecule has 76 heavy (non-hydrogen) atoms. The molecule has 0 saturated carbocycles. The van der Waals surface area contributed by atoms with E-state index in [1.54, 1.807) is 0 Å². The van der Waals surface area contributed by atoms with Gasteiger partial charge < -0.3 is 14.4 Å². The standard InChI is InChI=1S/C72H46BN3/c1-3-22-51(23-4-1)74-66-37-18-15-34-62(66)73-63-43-42-53(76-64-35-16-13-27-56(64)57-28-14-17-36-65(57)76)46-67(63)75(52-24-5-2-6-25-52)69-45-50(44-68(74)72(69)73)71-60-31-11-9-29-58(60)70(59-30-10-12-32-61(59)71)49-40-38-48(39-41-49)55-33-19-21-47-20-7-8-26-54(47)55/h1-46H. The second-order valence-electron chi connectivity index (χ2n) is 20.3. The van der Waals surface area contributed by atoms with Gasteiger partial charge >= 0.3 is 0 Å². The molecule has 0 radical (unpaired) electrons. The van der Waals surface area contributed by atoms with Crippen LogP contribution in [0.5, 0.6) is 0 Å². The molecule has 3 nitrogen and oxygen atoms in total. The molecule has 0 spiro atoms. The molecule has 16 rings (SSSR count). The lowest BCUT2D eigenvalue weighted by molar-refractivity contribution is 1.17. The predicted octanol–water partition coefficient (Wildman–Crippen LogP) is 17.3. The average Bonchev–Trinajstić information content (AvgIpc) is 3.92. The van der Waals surface area contributed by atoms with E-state index in [1.165, 1.54) is 127 Å². The van der Waals surface area contributed by atoms with E-state index in [4.69, 9.17) is 0 Å². The Labute approximate surface area is 441 Å². The van der Waals surface area contributed by atoms with Gasteiger partial charge in [0.05, 0.1) is 11.0 Å². The molecule has 13 aromatic carbocycles. The molecule has 0 amide bonds. The quantitative estimate of drug-likeness (QED) is 0.122. The third-order valence-electron chi connectivity index (χ3n) is 16.3. The van der Waals surface area contributed by atoms with Gasteiger partial charge in [-0.05, 0) is 149 Å². The van der Waals surface area contributed by atoms with Gasteiger partial charge in [-0.1, -0.05) is 212 Å². The zero-order valence-corrected chi connectivity index (χ0v) is 41.5. The Morgan fingerprint density at radius 1 is 0.263 bits per heavy atom. The number of hydrogen-bond donors (Lipinski definition) is 0. The van der Waals surface area contributed by atoms with Crippen molar-refractivity contribution in [2.45, 2.75) is 0 Å². The summed E-state index contributed by atoms with van der Waals surface area (Å²) in [6, 6.07) is 104. The second-order valence-corrected chi connectivity index (χ2v) is 20.3. The van der Waals surface area contributed by atoms with Crippen LogP contribution in [-0.2, 0) is 0 Å². The minimum absolute atomic E-state index is 0.0370. The minimum atomic E-state index is -0.0370. The molecule has 4 heteroatoms. The van der Waals surface area contributed by atoms with E-state index in [0.29, 0.717) is 0 Å². The van der Waals surface area contributed by atoms with Crippen molar-refractivity contribution >= 4 is 111 Å². The van der Waals surface area contributed by atoms with Crippen molar-refractivity contribution in [3.05, 3.63) is 279 Å². The number of rotatable bonds is 6. The molecule has 0 saturated heterocycles. The van der Waals surface area contributed by atoms with Gasteiger partial charge in [0, 0.05) is 50.6 Å². The van der Waals surface area contributed by atoms with Crippen LogP contribution in [0.1, 0.15) is 0 Å². The van der Waals surface area contributed by atoms with Gasteiger partial charge in [0.1, 0.15) is 0 Å². The molecule has 2 aliphatic rings. The van der Waals surface area contributed by atoms with Crippen LogP contribution in [0.3, 0.4) is 0 Å². The summed E-state index contributed by atoms with van der Waals surface area (Å²) in [7, 11) is 0. The summed E-state index contributed by atoms with van der Waals surface area (Å²) in [5.41, 5.74) is 21.6. The normalized spacial score (nSPS) is 12.7. The maximum absolute atomic E-state index is 2.55. The Kier molecular flexibility index (Phi) is 9.43. The van der Waals surface area contributed by atoms with Crippen molar-refractivity contribution in [2.24, 2.45) is 0 Å². The van der Waals surface area contributed by atoms with Crippen molar-refractivity contribution in [3.8, 4) is 39.1 Å². The van der Waals surface area contributed by atoms with Gasteiger partial charge in [-0.15, -0.1) is 0 Å². The largest absolute Gasteiger partial charge is 0.311 e. The molecule has 0 bridgehead atoms. The van der Waals surface area contributed by atoms with Crippen molar-refractivity contribution in [3.63, 3.8) is 0 Å². The molecule has 1 aromatic heterocycles. The summed E-state index contributed by atoms with van der Waals surface area (Å²) >= 11 is 0. The first-order valence-electron chi connectivity index (χ1n) is 26.4. The van der Waals surface area contributed by atoms with E-state index < -0.39 is 0 Å². The Morgan fingerprint density at radius 3 is 1.34 bits per heavy atom. The molecule has 0 fully saturated rings. The van der Waals surface area contributed by atoms with Crippen molar-refractivity contribution in [1.29, 1.82) is 0 Å². The van der Waals surface area contributed by atoms with Crippen molar-refractivity contribution in [1.82, 2.24) is 4.57 Å². The van der Waals surface area contributed by atoms with Crippen LogP contribution in [-0.4, -0.2) is 11.3 Å². The van der Waals surface area contributed by atoms with Crippen LogP contribution in [0.4, 0.5) is 34.1 Å². The van der Waals surface area contributed by atoms with Gasteiger partial charge in [0.2, 0.25) is 0 Å². The summed E-state index contributed by atoms with van der Waals surface area (Å²) in [6.45, 7) is -0.0370. The van der Waals surface area contributed by atoms with E-state index in [2.05, 4.69) is 293 Å². The molecule has 0 atom stereocenters. The van der Waals surface area contributed by atoms with Crippen molar-refractivity contribution in [2.75, 3.05) is 9.80 Å². The number of fused-ring (bicyclic) bond motifs is 10. The predicted molar refractivity (Wildman–Crippen MR) is 324 cm³/mol. The maximum Gasteiger partial charge on any atom is 0.252 e. The fourth-order valence-corrected chi connectivity index (χ4v) is 13.2. The van der Waals surface area contributed by atoms with Gasteiger partial charge in [-0.3, -0.25) is 0 Å². The van der Waals surface area contributed by atoms with Crippen LogP contribution >= 0.6 is 0 Å². The average molecular weight is 964 g/mol. The molecule has 3 heterocycles. The van der Waals surface area contributed by atoms with Gasteiger partial charge in [-0.2, -0.15) is 0 Å². The Morgan fingerprint density at radius 2 is 0.724 bits per heavy atom. The monoisotopic (exact) mass is 963 g/mol. The highest BCUT2D eigenvalue weighted by atomic mass is 15.2. The zero-order valence-electron chi connectivity index (χ0n) is 41.5. The third-order valence-corrected chi connectivity index (χ3v) is 16.3. The van der Waals surface area contributed by atoms with E-state index >= 15 is 0 Å². The Hall–Kier alpha value is -9.90. The molecule has 14 aromatic rings. The second kappa shape index (κ2) is 16.8. The van der Waals surface area contributed by atoms with Gasteiger partial charge in [0.15, 0.2) is 0 Å². The molecule has 352 valence electrons. The number of aromatic nitrogens is 1. The van der Waals surface area contributed by atoms with Crippen LogP contribution in [0.2, 0.25) is 0 Å². The molecule has 0 unspecified atom stereocenters. The van der Waals surface area contributed by atoms with Crippen LogP contribution < -0.4 is 26.2 Å². The van der Waals surface area contributed by atoms with Gasteiger partial charge in [-0.25, -0.2) is 0 Å². The lowest BCUT2D eigenvalue weighted by Crippen LogP contribution is -2.61. The topological polar surface area (TPSA) is 11.4 Å². The lowest BCUT2D eigenvalue weighted by Gasteiger charge is -2.44. The van der Waals surface area contributed by atoms with E-state index in [-0.39, 0.29) is 6.71 Å². The molecule has 0 N–H and O–H groups in total. The molecular formula is C72H46BN3. The van der Waals surface area contributed by atoms with Crippen LogP contribution in [0.15, 0.2) is 279 Å². The van der Waals surface area contributed by atoms with Crippen LogP contribution in [0, 0.1) is 0 Å². The SMILES string of the molecule is c1ccc(N2c3ccccc3B3c4ccc(-n5c6ccccc6c6ccccc65)cc4N(c4ccccc4)c4cc(-c5c6ccccc6c(-c6ccc(-c7cccc8ccccc78)cc6)c6ccccc56)cc2c43)cc1. The summed E-state index contributed by atoms with van der Waals surface area (Å²) in [6.07, 6.45) is 0. The first-order chi connectivity index (χ1) is 37.7. The minimum Gasteiger partial charge on any atom is -0.311 e. The highest BCUT2D eigenvalue weighted by Gasteiger charge is 2.44. The summed E-state index contributed by atoms with van der Waals surface area (Å²) < 4.78 is 2.45. The molecule has 0 aliphatic carbocycles. The Balaban J connectivity index is 0.973. The highest BCUT2D eigenvalue weighted by Crippen LogP contribution is 2.50. The van der Waals surface area contributed by atoms with E-state index in [1.807, 2.05) is 0 Å². The number of benzene rings is 13. The molecule has 2 aliphatic heterocycles. The first kappa shape index (κ1) is 42.6. The fourth-order valence-electron chi connectivity index (χ4n) is 13.2. The zero-order chi connectivity index (χ0) is 49.8. The first-order valence-corrected chi connectivity index (χ1v) is 26.4. The van der Waals surface area contributed by atoms with Crippen LogP contribution in [0.25, 0.3) is 93.2 Å². The summed E-state index contributed by atoms with van der Waals surface area (Å²) in [5, 5.41) is 9.91. The summed E-state index contributed by atoms with van der Waals surface area (Å²) in [5.74, 6) is 0. The smallest absolute Gasteiger partial charge is 0.252 e. The number of para-hydroxylation sites is 5. The van der Waals surface area contributed by atoms with E-state index in [0.717, 1.165) is 17.1 Å².